The molecule has 1 aliphatic heterocycles. The number of aromatic nitrogens is 4. The number of nitrogens with zero attached hydrogens (tertiary/aromatic N) is 5. The third-order valence-electron chi connectivity index (χ3n) is 5.80. The minimum absolute atomic E-state index is 0.0276. The number of rotatable bonds is 10. The van der Waals surface area contributed by atoms with Crippen molar-refractivity contribution in [1.29, 1.82) is 0 Å². The Morgan fingerprint density at radius 3 is 2.94 bits per heavy atom. The number of methoxy groups -OCH3 is 2. The number of ether oxygens (including phenoxy) is 2. The molecule has 1 aliphatic rings. The minimum atomic E-state index is -0.0276. The Labute approximate surface area is 192 Å². The van der Waals surface area contributed by atoms with Gasteiger partial charge in [0.1, 0.15) is 0 Å². The van der Waals surface area contributed by atoms with Crippen molar-refractivity contribution < 1.29 is 18.8 Å². The van der Waals surface area contributed by atoms with E-state index in [4.69, 9.17) is 14.0 Å². The van der Waals surface area contributed by atoms with Crippen LogP contribution < -0.4 is 14.8 Å². The van der Waals surface area contributed by atoms with Gasteiger partial charge in [-0.2, -0.15) is 4.98 Å². The molecule has 1 aromatic carbocycles. The Morgan fingerprint density at radius 1 is 1.27 bits per heavy atom. The van der Waals surface area contributed by atoms with Crippen LogP contribution in [0, 0.1) is 5.92 Å². The van der Waals surface area contributed by atoms with Crippen molar-refractivity contribution in [3.8, 4) is 22.9 Å². The highest BCUT2D eigenvalue weighted by molar-refractivity contribution is 5.78. The first-order valence-electron chi connectivity index (χ1n) is 11.2. The van der Waals surface area contributed by atoms with Gasteiger partial charge < -0.3 is 23.9 Å². The lowest BCUT2D eigenvalue weighted by Gasteiger charge is -2.30. The second kappa shape index (κ2) is 11.0. The molecule has 1 amide bonds. The van der Waals surface area contributed by atoms with Gasteiger partial charge in [-0.1, -0.05) is 5.16 Å². The van der Waals surface area contributed by atoms with Crippen molar-refractivity contribution in [3.05, 3.63) is 42.8 Å². The van der Waals surface area contributed by atoms with E-state index in [1.54, 1.807) is 26.7 Å². The fraction of sp³-hybridized carbons (Fsp3) is 0.478. The number of imidazole rings is 1. The molecule has 0 aliphatic carbocycles. The monoisotopic (exact) mass is 454 g/mol. The first-order valence-corrected chi connectivity index (χ1v) is 11.2. The molecule has 0 saturated carbocycles. The van der Waals surface area contributed by atoms with Gasteiger partial charge in [0.2, 0.25) is 17.6 Å². The number of aryl methyl sites for hydroxylation is 1. The number of amides is 1. The number of piperidine rings is 1. The molecule has 3 heterocycles. The lowest BCUT2D eigenvalue weighted by molar-refractivity contribution is -0.126. The maximum Gasteiger partial charge on any atom is 0.241 e. The van der Waals surface area contributed by atoms with Gasteiger partial charge in [-0.3, -0.25) is 9.69 Å². The van der Waals surface area contributed by atoms with Crippen molar-refractivity contribution >= 4 is 5.91 Å². The fourth-order valence-corrected chi connectivity index (χ4v) is 4.05. The zero-order valence-corrected chi connectivity index (χ0v) is 19.1. The van der Waals surface area contributed by atoms with Crippen molar-refractivity contribution in [2.75, 3.05) is 33.9 Å². The van der Waals surface area contributed by atoms with Crippen molar-refractivity contribution in [3.63, 3.8) is 0 Å². The molecule has 0 spiro atoms. The van der Waals surface area contributed by atoms with Gasteiger partial charge >= 0.3 is 0 Å². The zero-order chi connectivity index (χ0) is 23.0. The average Bonchev–Trinajstić information content (AvgIpc) is 3.54. The van der Waals surface area contributed by atoms with Gasteiger partial charge in [0, 0.05) is 37.6 Å². The second-order valence-corrected chi connectivity index (χ2v) is 8.10. The maximum atomic E-state index is 12.6. The Kier molecular flexibility index (Phi) is 7.56. The van der Waals surface area contributed by atoms with E-state index in [2.05, 4.69) is 25.3 Å². The molecule has 10 nitrogen and oxygen atoms in total. The van der Waals surface area contributed by atoms with Gasteiger partial charge in [0.05, 0.1) is 33.0 Å². The third-order valence-corrected chi connectivity index (χ3v) is 5.80. The Bertz CT molecular complexity index is 1040. The molecule has 2 aromatic heterocycles. The molecule has 1 N–H and O–H groups in total. The van der Waals surface area contributed by atoms with Crippen LogP contribution >= 0.6 is 0 Å². The van der Waals surface area contributed by atoms with Crippen molar-refractivity contribution in [2.45, 2.75) is 32.4 Å². The van der Waals surface area contributed by atoms with Crippen molar-refractivity contribution in [1.82, 2.24) is 29.9 Å². The van der Waals surface area contributed by atoms with Crippen molar-refractivity contribution in [2.24, 2.45) is 5.92 Å². The summed E-state index contributed by atoms with van der Waals surface area (Å²) in [5.41, 5.74) is 0.786. The number of likely N-dealkylation sites (tertiary alicyclic amines) is 1. The van der Waals surface area contributed by atoms with Gasteiger partial charge in [0.25, 0.3) is 0 Å². The third kappa shape index (κ3) is 5.89. The molecule has 3 aromatic rings. The molecule has 10 heteroatoms. The summed E-state index contributed by atoms with van der Waals surface area (Å²) in [5, 5.41) is 7.19. The average molecular weight is 455 g/mol. The fourth-order valence-electron chi connectivity index (χ4n) is 4.05. The van der Waals surface area contributed by atoms with Crippen LogP contribution in [-0.2, 0) is 17.9 Å². The number of hydrogen-bond donors (Lipinski definition) is 1. The zero-order valence-electron chi connectivity index (χ0n) is 19.1. The summed E-state index contributed by atoms with van der Waals surface area (Å²) >= 11 is 0. The van der Waals surface area contributed by atoms with E-state index in [1.165, 1.54) is 0 Å². The van der Waals surface area contributed by atoms with Crippen LogP contribution in [0.2, 0.25) is 0 Å². The maximum absolute atomic E-state index is 12.6. The lowest BCUT2D eigenvalue weighted by Crippen LogP contribution is -2.43. The SMILES string of the molecule is COc1ccc(-c2noc(CN3CCCC(C(=O)NCCCn4ccnc4)C3)n2)cc1OC. The summed E-state index contributed by atoms with van der Waals surface area (Å²) in [7, 11) is 3.18. The van der Waals surface area contributed by atoms with Gasteiger partial charge in [0.15, 0.2) is 11.5 Å². The topological polar surface area (TPSA) is 108 Å². The first kappa shape index (κ1) is 22.8. The number of benzene rings is 1. The Balaban J connectivity index is 1.28. The highest BCUT2D eigenvalue weighted by atomic mass is 16.5. The highest BCUT2D eigenvalue weighted by Crippen LogP contribution is 2.31. The van der Waals surface area contributed by atoms with Crippen LogP contribution in [-0.4, -0.2) is 64.4 Å². The van der Waals surface area contributed by atoms with E-state index < -0.39 is 0 Å². The molecule has 0 radical (unpaired) electrons. The summed E-state index contributed by atoms with van der Waals surface area (Å²) in [6.45, 7) is 3.60. The summed E-state index contributed by atoms with van der Waals surface area (Å²) in [6, 6.07) is 5.50. The number of hydrogen-bond acceptors (Lipinski definition) is 8. The lowest BCUT2D eigenvalue weighted by atomic mass is 9.97. The molecule has 1 fully saturated rings. The number of nitrogens with one attached hydrogen (secondary N) is 1. The minimum Gasteiger partial charge on any atom is -0.493 e. The molecule has 1 saturated heterocycles. The molecule has 4 rings (SSSR count). The molecule has 1 atom stereocenters. The molecule has 1 unspecified atom stereocenters. The summed E-state index contributed by atoms with van der Waals surface area (Å²) < 4.78 is 18.1. The van der Waals surface area contributed by atoms with E-state index in [-0.39, 0.29) is 11.8 Å². The van der Waals surface area contributed by atoms with E-state index in [9.17, 15) is 4.79 Å². The summed E-state index contributed by atoms with van der Waals surface area (Å²) in [4.78, 5) is 23.4. The highest BCUT2D eigenvalue weighted by Gasteiger charge is 2.26. The predicted octanol–water partition coefficient (Wildman–Crippen LogP) is 2.37. The molecule has 176 valence electrons. The standard InChI is InChI=1S/C23H30N6O4/c1-31-19-7-6-17(13-20(19)32-2)22-26-21(33-27-22)15-29-10-3-5-18(14-29)23(30)25-8-4-11-28-12-9-24-16-28/h6-7,9,12-13,16,18H,3-5,8,10-11,14-15H2,1-2H3,(H,25,30). The normalized spacial score (nSPS) is 16.5. The number of carbonyl (C=O) groups is 1. The molecular formula is C23H30N6O4. The molecular weight excluding hydrogens is 424 g/mol. The van der Waals surface area contributed by atoms with E-state index in [0.717, 1.165) is 37.9 Å². The number of carbonyl (C=O) groups excluding carboxylic acids is 1. The summed E-state index contributed by atoms with van der Waals surface area (Å²) in [6.07, 6.45) is 8.20. The van der Waals surface area contributed by atoms with Crippen LogP contribution in [0.4, 0.5) is 0 Å². The van der Waals surface area contributed by atoms with Crippen LogP contribution in [0.1, 0.15) is 25.2 Å². The molecule has 0 bridgehead atoms. The van der Waals surface area contributed by atoms with Crippen LogP contribution in [0.5, 0.6) is 11.5 Å². The van der Waals surface area contributed by atoms with Gasteiger partial charge in [-0.25, -0.2) is 4.98 Å². The van der Waals surface area contributed by atoms with E-state index >= 15 is 0 Å². The largest absolute Gasteiger partial charge is 0.493 e. The van der Waals surface area contributed by atoms with Gasteiger partial charge in [-0.15, -0.1) is 0 Å². The van der Waals surface area contributed by atoms with Crippen LogP contribution in [0.25, 0.3) is 11.4 Å². The Hall–Kier alpha value is -3.40. The van der Waals surface area contributed by atoms with E-state index in [0.29, 0.717) is 42.8 Å². The smallest absolute Gasteiger partial charge is 0.241 e. The quantitative estimate of drug-likeness (QED) is 0.465. The van der Waals surface area contributed by atoms with E-state index in [1.807, 2.05) is 29.0 Å². The van der Waals surface area contributed by atoms with Gasteiger partial charge in [-0.05, 0) is 44.0 Å². The molecule has 33 heavy (non-hydrogen) atoms. The van der Waals surface area contributed by atoms with Crippen LogP contribution in [0.3, 0.4) is 0 Å². The second-order valence-electron chi connectivity index (χ2n) is 8.10. The van der Waals surface area contributed by atoms with Crippen LogP contribution in [0.15, 0.2) is 41.4 Å². The Morgan fingerprint density at radius 2 is 2.15 bits per heavy atom. The predicted molar refractivity (Wildman–Crippen MR) is 121 cm³/mol. The first-order chi connectivity index (χ1) is 16.2. The summed E-state index contributed by atoms with van der Waals surface area (Å²) in [5.74, 6) is 2.36.